The highest BCUT2D eigenvalue weighted by Gasteiger charge is 2.21. The lowest BCUT2D eigenvalue weighted by Crippen LogP contribution is -2.16. The van der Waals surface area contributed by atoms with Crippen LogP contribution in [0.3, 0.4) is 0 Å². The number of pyridine rings is 1. The monoisotopic (exact) mass is 233 g/mol. The topological polar surface area (TPSA) is 39.2 Å². The zero-order chi connectivity index (χ0) is 12.1. The van der Waals surface area contributed by atoms with Gasteiger partial charge < -0.3 is 4.74 Å². The molecule has 1 aliphatic carbocycles. The Hall–Kier alpha value is -1.38. The van der Waals surface area contributed by atoms with Crippen LogP contribution >= 0.6 is 0 Å². The number of methoxy groups -OCH3 is 1. The molecular weight excluding hydrogens is 214 g/mol. The van der Waals surface area contributed by atoms with Crippen LogP contribution in [0.5, 0.6) is 5.88 Å². The molecule has 0 bridgehead atoms. The van der Waals surface area contributed by atoms with E-state index in [-0.39, 0.29) is 5.92 Å². The SMILES string of the molecule is COc1cccc(CC2CCCCCC2=O)n1. The van der Waals surface area contributed by atoms with Crippen LogP contribution in [0.1, 0.15) is 37.8 Å². The van der Waals surface area contributed by atoms with Crippen molar-refractivity contribution in [1.82, 2.24) is 4.98 Å². The van der Waals surface area contributed by atoms with Gasteiger partial charge in [-0.2, -0.15) is 0 Å². The molecule has 1 atom stereocenters. The molecule has 1 saturated carbocycles. The third-order valence-electron chi connectivity index (χ3n) is 3.38. The van der Waals surface area contributed by atoms with Crippen molar-refractivity contribution in [2.24, 2.45) is 5.92 Å². The zero-order valence-electron chi connectivity index (χ0n) is 10.3. The van der Waals surface area contributed by atoms with E-state index in [9.17, 15) is 4.79 Å². The minimum Gasteiger partial charge on any atom is -0.481 e. The maximum atomic E-state index is 11.9. The largest absolute Gasteiger partial charge is 0.481 e. The highest BCUT2D eigenvalue weighted by molar-refractivity contribution is 5.81. The molecular formula is C14H19NO2. The van der Waals surface area contributed by atoms with Gasteiger partial charge in [-0.05, 0) is 25.3 Å². The van der Waals surface area contributed by atoms with Gasteiger partial charge in [-0.15, -0.1) is 0 Å². The van der Waals surface area contributed by atoms with Gasteiger partial charge in [0, 0.05) is 24.1 Å². The normalized spacial score (nSPS) is 21.0. The van der Waals surface area contributed by atoms with Gasteiger partial charge in [0.1, 0.15) is 5.78 Å². The lowest BCUT2D eigenvalue weighted by Gasteiger charge is -2.12. The molecule has 17 heavy (non-hydrogen) atoms. The molecule has 0 aromatic carbocycles. The average molecular weight is 233 g/mol. The summed E-state index contributed by atoms with van der Waals surface area (Å²) in [5.74, 6) is 1.20. The van der Waals surface area contributed by atoms with Gasteiger partial charge in [0.25, 0.3) is 0 Å². The molecule has 1 unspecified atom stereocenters. The van der Waals surface area contributed by atoms with Gasteiger partial charge >= 0.3 is 0 Å². The Morgan fingerprint density at radius 2 is 2.24 bits per heavy atom. The van der Waals surface area contributed by atoms with Crippen LogP contribution in [0.15, 0.2) is 18.2 Å². The zero-order valence-corrected chi connectivity index (χ0v) is 10.3. The van der Waals surface area contributed by atoms with Gasteiger partial charge in [-0.3, -0.25) is 4.79 Å². The molecule has 0 amide bonds. The molecule has 0 saturated heterocycles. The van der Waals surface area contributed by atoms with Crippen molar-refractivity contribution < 1.29 is 9.53 Å². The summed E-state index contributed by atoms with van der Waals surface area (Å²) < 4.78 is 5.10. The number of rotatable bonds is 3. The van der Waals surface area contributed by atoms with Crippen molar-refractivity contribution in [2.75, 3.05) is 7.11 Å². The second kappa shape index (κ2) is 5.80. The fourth-order valence-corrected chi connectivity index (χ4v) is 2.39. The minimum atomic E-state index is 0.164. The van der Waals surface area contributed by atoms with Gasteiger partial charge in [0.05, 0.1) is 7.11 Å². The minimum absolute atomic E-state index is 0.164. The number of ketones is 1. The van der Waals surface area contributed by atoms with E-state index < -0.39 is 0 Å². The Morgan fingerprint density at radius 1 is 1.35 bits per heavy atom. The number of aromatic nitrogens is 1. The molecule has 1 aromatic heterocycles. The summed E-state index contributed by atoms with van der Waals surface area (Å²) >= 11 is 0. The molecule has 1 fully saturated rings. The van der Waals surface area contributed by atoms with Crippen molar-refractivity contribution in [1.29, 1.82) is 0 Å². The number of hydrogen-bond acceptors (Lipinski definition) is 3. The molecule has 0 radical (unpaired) electrons. The predicted molar refractivity (Wildman–Crippen MR) is 66.1 cm³/mol. The highest BCUT2D eigenvalue weighted by atomic mass is 16.5. The van der Waals surface area contributed by atoms with Crippen LogP contribution in [0.25, 0.3) is 0 Å². The third-order valence-corrected chi connectivity index (χ3v) is 3.38. The summed E-state index contributed by atoms with van der Waals surface area (Å²) in [7, 11) is 1.61. The molecule has 2 rings (SSSR count). The molecule has 3 nitrogen and oxygen atoms in total. The van der Waals surface area contributed by atoms with Crippen LogP contribution in [-0.2, 0) is 11.2 Å². The van der Waals surface area contributed by atoms with E-state index in [0.717, 1.165) is 31.4 Å². The van der Waals surface area contributed by atoms with Gasteiger partial charge in [-0.1, -0.05) is 18.9 Å². The second-order valence-corrected chi connectivity index (χ2v) is 4.64. The summed E-state index contributed by atoms with van der Waals surface area (Å²) in [6.45, 7) is 0. The Bertz CT molecular complexity index is 390. The second-order valence-electron chi connectivity index (χ2n) is 4.64. The van der Waals surface area contributed by atoms with Crippen molar-refractivity contribution in [2.45, 2.75) is 38.5 Å². The number of hydrogen-bond donors (Lipinski definition) is 0. The molecule has 3 heteroatoms. The number of nitrogens with zero attached hydrogens (tertiary/aromatic N) is 1. The molecule has 1 aromatic rings. The van der Waals surface area contributed by atoms with Crippen LogP contribution in [0, 0.1) is 5.92 Å². The van der Waals surface area contributed by atoms with Crippen molar-refractivity contribution in [3.63, 3.8) is 0 Å². The summed E-state index contributed by atoms with van der Waals surface area (Å²) in [6.07, 6.45) is 5.93. The Balaban J connectivity index is 2.05. The quantitative estimate of drug-likeness (QED) is 0.754. The summed E-state index contributed by atoms with van der Waals surface area (Å²) in [5, 5.41) is 0. The van der Waals surface area contributed by atoms with Gasteiger partial charge in [-0.25, -0.2) is 4.98 Å². The Kier molecular flexibility index (Phi) is 4.13. The first-order valence-corrected chi connectivity index (χ1v) is 6.32. The lowest BCUT2D eigenvalue weighted by atomic mass is 9.93. The summed E-state index contributed by atoms with van der Waals surface area (Å²) in [4.78, 5) is 16.3. The van der Waals surface area contributed by atoms with E-state index in [1.54, 1.807) is 7.11 Å². The standard InChI is InChI=1S/C14H19NO2/c1-17-14-9-5-7-12(15-14)10-11-6-3-2-4-8-13(11)16/h5,7,9,11H,2-4,6,8,10H2,1H3. The fourth-order valence-electron chi connectivity index (χ4n) is 2.39. The smallest absolute Gasteiger partial charge is 0.213 e. The first-order chi connectivity index (χ1) is 8.29. The van der Waals surface area contributed by atoms with E-state index in [0.29, 0.717) is 11.7 Å². The van der Waals surface area contributed by atoms with E-state index in [1.807, 2.05) is 18.2 Å². The van der Waals surface area contributed by atoms with E-state index in [1.165, 1.54) is 12.8 Å². The molecule has 1 aliphatic rings. The lowest BCUT2D eigenvalue weighted by molar-refractivity contribution is -0.122. The summed E-state index contributed by atoms with van der Waals surface area (Å²) in [5.41, 5.74) is 0.963. The summed E-state index contributed by atoms with van der Waals surface area (Å²) in [6, 6.07) is 5.74. The molecule has 0 aliphatic heterocycles. The third kappa shape index (κ3) is 3.29. The number of ether oxygens (including phenoxy) is 1. The number of carbonyl (C=O) groups excluding carboxylic acids is 1. The van der Waals surface area contributed by atoms with Crippen LogP contribution < -0.4 is 4.74 Å². The first-order valence-electron chi connectivity index (χ1n) is 6.32. The van der Waals surface area contributed by atoms with E-state index in [2.05, 4.69) is 4.98 Å². The fraction of sp³-hybridized carbons (Fsp3) is 0.571. The maximum absolute atomic E-state index is 11.9. The van der Waals surface area contributed by atoms with Crippen molar-refractivity contribution in [3.8, 4) is 5.88 Å². The number of carbonyl (C=O) groups is 1. The first kappa shape index (κ1) is 12.1. The maximum Gasteiger partial charge on any atom is 0.213 e. The van der Waals surface area contributed by atoms with E-state index in [4.69, 9.17) is 4.74 Å². The molecule has 92 valence electrons. The van der Waals surface area contributed by atoms with Crippen LogP contribution in [-0.4, -0.2) is 17.9 Å². The highest BCUT2D eigenvalue weighted by Crippen LogP contribution is 2.23. The van der Waals surface area contributed by atoms with Crippen molar-refractivity contribution >= 4 is 5.78 Å². The Labute approximate surface area is 102 Å². The molecule has 1 heterocycles. The van der Waals surface area contributed by atoms with Crippen LogP contribution in [0.2, 0.25) is 0 Å². The van der Waals surface area contributed by atoms with Gasteiger partial charge in [0.2, 0.25) is 5.88 Å². The number of Topliss-reactive ketones (excluding diaryl/α,β-unsaturated/α-hetero) is 1. The van der Waals surface area contributed by atoms with Crippen molar-refractivity contribution in [3.05, 3.63) is 23.9 Å². The van der Waals surface area contributed by atoms with Crippen LogP contribution in [0.4, 0.5) is 0 Å². The van der Waals surface area contributed by atoms with E-state index >= 15 is 0 Å². The predicted octanol–water partition coefficient (Wildman–Crippen LogP) is 2.78. The Morgan fingerprint density at radius 3 is 3.06 bits per heavy atom. The van der Waals surface area contributed by atoms with Gasteiger partial charge in [0.15, 0.2) is 0 Å². The molecule has 0 spiro atoms. The average Bonchev–Trinajstić information content (AvgIpc) is 2.55. The molecule has 0 N–H and O–H groups in total.